The van der Waals surface area contributed by atoms with Crippen LogP contribution in [0.1, 0.15) is 26.5 Å². The Balaban J connectivity index is 2.87. The largest absolute Gasteiger partial charge is 0.465 e. The fourth-order valence-corrected chi connectivity index (χ4v) is 1.58. The summed E-state index contributed by atoms with van der Waals surface area (Å²) in [6.07, 6.45) is 3.05. The van der Waals surface area contributed by atoms with Crippen molar-refractivity contribution in [3.63, 3.8) is 0 Å². The number of thiocarbonyl (C=S) groups is 1. The van der Waals surface area contributed by atoms with Crippen LogP contribution in [0.3, 0.4) is 0 Å². The van der Waals surface area contributed by atoms with Crippen molar-refractivity contribution in [1.82, 2.24) is 9.97 Å². The molecule has 0 atom stereocenters. The van der Waals surface area contributed by atoms with E-state index in [1.807, 2.05) is 13.8 Å². The molecule has 0 saturated heterocycles. The fourth-order valence-electron chi connectivity index (χ4n) is 1.47. The number of aromatic nitrogens is 2. The molecule has 0 radical (unpaired) electrons. The van der Waals surface area contributed by atoms with E-state index in [0.717, 1.165) is 0 Å². The average molecular weight is 282 g/mol. The summed E-state index contributed by atoms with van der Waals surface area (Å²) in [6, 6.07) is 0.0920. The van der Waals surface area contributed by atoms with Gasteiger partial charge in [-0.1, -0.05) is 12.2 Å². The molecule has 1 rings (SSSR count). The Labute approximate surface area is 118 Å². The van der Waals surface area contributed by atoms with E-state index in [2.05, 4.69) is 9.97 Å². The zero-order valence-corrected chi connectivity index (χ0v) is 12.1. The number of rotatable bonds is 6. The third kappa shape index (κ3) is 4.44. The molecule has 6 nitrogen and oxygen atoms in total. The number of ether oxygens (including phenoxy) is 1. The van der Waals surface area contributed by atoms with E-state index in [1.165, 1.54) is 6.20 Å². The van der Waals surface area contributed by atoms with Gasteiger partial charge < -0.3 is 15.4 Å². The monoisotopic (exact) mass is 282 g/mol. The minimum absolute atomic E-state index is 0.0920. The molecular formula is C12H18N4O2S. The van der Waals surface area contributed by atoms with Gasteiger partial charge in [-0.25, -0.2) is 9.97 Å². The smallest absolute Gasteiger partial charge is 0.325 e. The normalized spacial score (nSPS) is 10.3. The highest BCUT2D eigenvalue weighted by atomic mass is 32.1. The van der Waals surface area contributed by atoms with Crippen LogP contribution in [0.25, 0.3) is 0 Å². The molecule has 104 valence electrons. The lowest BCUT2D eigenvalue weighted by Crippen LogP contribution is -2.37. The third-order valence-corrected chi connectivity index (χ3v) is 2.62. The molecule has 19 heavy (non-hydrogen) atoms. The van der Waals surface area contributed by atoms with Gasteiger partial charge in [0.25, 0.3) is 0 Å². The van der Waals surface area contributed by atoms with Gasteiger partial charge in [-0.05, 0) is 20.8 Å². The third-order valence-electron chi connectivity index (χ3n) is 2.41. The van der Waals surface area contributed by atoms with Crippen molar-refractivity contribution in [2.75, 3.05) is 18.1 Å². The number of carbonyl (C=O) groups excluding carboxylic acids is 1. The van der Waals surface area contributed by atoms with E-state index in [-0.39, 0.29) is 23.5 Å². The molecule has 0 unspecified atom stereocenters. The van der Waals surface area contributed by atoms with Crippen LogP contribution >= 0.6 is 12.2 Å². The molecule has 0 bridgehead atoms. The Kier molecular flexibility index (Phi) is 5.62. The Hall–Kier alpha value is -1.76. The Morgan fingerprint density at radius 2 is 2.16 bits per heavy atom. The first-order valence-corrected chi connectivity index (χ1v) is 6.40. The number of nitrogens with zero attached hydrogens (tertiary/aromatic N) is 3. The number of anilines is 1. The molecule has 0 spiro atoms. The van der Waals surface area contributed by atoms with Gasteiger partial charge in [0.2, 0.25) is 0 Å². The number of hydrogen-bond acceptors (Lipinski definition) is 6. The van der Waals surface area contributed by atoms with Crippen LogP contribution in [0.15, 0.2) is 12.4 Å². The molecule has 0 aliphatic rings. The minimum atomic E-state index is -0.295. The molecule has 0 amide bonds. The maximum absolute atomic E-state index is 11.6. The molecule has 0 saturated carbocycles. The number of esters is 1. The predicted molar refractivity (Wildman–Crippen MR) is 77.0 cm³/mol. The van der Waals surface area contributed by atoms with Crippen molar-refractivity contribution in [1.29, 1.82) is 0 Å². The summed E-state index contributed by atoms with van der Waals surface area (Å²) in [5.41, 5.74) is 5.92. The lowest BCUT2D eigenvalue weighted by Gasteiger charge is -2.26. The summed E-state index contributed by atoms with van der Waals surface area (Å²) in [5, 5.41) is 0. The SMILES string of the molecule is CCOC(=O)CN(c1cnc(C(N)=S)cn1)C(C)C. The molecule has 1 aromatic rings. The maximum atomic E-state index is 11.6. The maximum Gasteiger partial charge on any atom is 0.325 e. The number of carbonyl (C=O) groups is 1. The van der Waals surface area contributed by atoms with E-state index >= 15 is 0 Å². The second kappa shape index (κ2) is 6.98. The van der Waals surface area contributed by atoms with Crippen LogP contribution in [0.5, 0.6) is 0 Å². The number of nitrogens with two attached hydrogens (primary N) is 1. The fraction of sp³-hybridized carbons (Fsp3) is 0.500. The van der Waals surface area contributed by atoms with E-state index in [4.69, 9.17) is 22.7 Å². The molecule has 7 heteroatoms. The summed E-state index contributed by atoms with van der Waals surface area (Å²) in [7, 11) is 0. The Bertz CT molecular complexity index is 448. The van der Waals surface area contributed by atoms with Crippen molar-refractivity contribution >= 4 is 29.0 Å². The molecule has 0 aliphatic heterocycles. The van der Waals surface area contributed by atoms with E-state index in [1.54, 1.807) is 18.0 Å². The van der Waals surface area contributed by atoms with Crippen LogP contribution in [-0.2, 0) is 9.53 Å². The summed E-state index contributed by atoms with van der Waals surface area (Å²) in [4.78, 5) is 21.9. The van der Waals surface area contributed by atoms with E-state index < -0.39 is 0 Å². The minimum Gasteiger partial charge on any atom is -0.465 e. The lowest BCUT2D eigenvalue weighted by atomic mass is 10.3. The van der Waals surface area contributed by atoms with Gasteiger partial charge >= 0.3 is 5.97 Å². The summed E-state index contributed by atoms with van der Waals surface area (Å²) in [6.45, 7) is 6.18. The van der Waals surface area contributed by atoms with E-state index in [9.17, 15) is 4.79 Å². The first-order valence-electron chi connectivity index (χ1n) is 5.99. The van der Waals surface area contributed by atoms with Gasteiger partial charge in [-0.15, -0.1) is 0 Å². The topological polar surface area (TPSA) is 81.3 Å². The standard InChI is InChI=1S/C12H18N4O2S/c1-4-18-11(17)7-16(8(2)3)10-6-14-9(5-15-10)12(13)19/h5-6,8H,4,7H2,1-3H3,(H2,13,19). The van der Waals surface area contributed by atoms with Gasteiger partial charge in [0.1, 0.15) is 23.0 Å². The van der Waals surface area contributed by atoms with Crippen molar-refractivity contribution in [3.05, 3.63) is 18.1 Å². The summed E-state index contributed by atoms with van der Waals surface area (Å²) < 4.78 is 4.94. The highest BCUT2D eigenvalue weighted by molar-refractivity contribution is 7.80. The zero-order chi connectivity index (χ0) is 14.4. The van der Waals surface area contributed by atoms with Crippen molar-refractivity contribution in [2.24, 2.45) is 5.73 Å². The van der Waals surface area contributed by atoms with Crippen LogP contribution in [0.2, 0.25) is 0 Å². The molecule has 1 heterocycles. The van der Waals surface area contributed by atoms with Crippen LogP contribution in [-0.4, -0.2) is 40.1 Å². The second-order valence-corrected chi connectivity index (χ2v) is 4.59. The predicted octanol–water partition coefficient (Wildman–Crippen LogP) is 0.889. The Morgan fingerprint density at radius 3 is 2.58 bits per heavy atom. The number of hydrogen-bond donors (Lipinski definition) is 1. The second-order valence-electron chi connectivity index (χ2n) is 4.15. The first kappa shape index (κ1) is 15.3. The first-order chi connectivity index (χ1) is 8.95. The van der Waals surface area contributed by atoms with Gasteiger partial charge in [0.05, 0.1) is 19.0 Å². The van der Waals surface area contributed by atoms with Crippen LogP contribution in [0.4, 0.5) is 5.82 Å². The highest BCUT2D eigenvalue weighted by Crippen LogP contribution is 2.12. The highest BCUT2D eigenvalue weighted by Gasteiger charge is 2.17. The van der Waals surface area contributed by atoms with Crippen LogP contribution < -0.4 is 10.6 Å². The van der Waals surface area contributed by atoms with Gasteiger partial charge in [-0.2, -0.15) is 0 Å². The molecule has 2 N–H and O–H groups in total. The molecule has 0 aromatic carbocycles. The lowest BCUT2D eigenvalue weighted by molar-refractivity contribution is -0.141. The molecular weight excluding hydrogens is 264 g/mol. The molecule has 0 fully saturated rings. The quantitative estimate of drug-likeness (QED) is 0.613. The molecule has 1 aromatic heterocycles. The average Bonchev–Trinajstić information content (AvgIpc) is 2.36. The summed E-state index contributed by atoms with van der Waals surface area (Å²) >= 11 is 4.81. The Morgan fingerprint density at radius 1 is 1.47 bits per heavy atom. The van der Waals surface area contributed by atoms with Crippen molar-refractivity contribution in [2.45, 2.75) is 26.8 Å². The van der Waals surface area contributed by atoms with Crippen molar-refractivity contribution < 1.29 is 9.53 Å². The van der Waals surface area contributed by atoms with Gasteiger partial charge in [0.15, 0.2) is 0 Å². The van der Waals surface area contributed by atoms with Crippen LogP contribution in [0, 0.1) is 0 Å². The van der Waals surface area contributed by atoms with Crippen molar-refractivity contribution in [3.8, 4) is 0 Å². The van der Waals surface area contributed by atoms with Gasteiger partial charge in [-0.3, -0.25) is 4.79 Å². The zero-order valence-electron chi connectivity index (χ0n) is 11.3. The van der Waals surface area contributed by atoms with E-state index in [0.29, 0.717) is 18.1 Å². The summed E-state index contributed by atoms with van der Waals surface area (Å²) in [5.74, 6) is 0.291. The van der Waals surface area contributed by atoms with Gasteiger partial charge in [0, 0.05) is 6.04 Å². The molecule has 0 aliphatic carbocycles.